The first-order valence-corrected chi connectivity index (χ1v) is 13.0. The van der Waals surface area contributed by atoms with Crippen LogP contribution in [0.5, 0.6) is 0 Å². The normalized spacial score (nSPS) is 13.5. The summed E-state index contributed by atoms with van der Waals surface area (Å²) >= 11 is 0. The zero-order valence-corrected chi connectivity index (χ0v) is 21.4. The molecule has 1 aliphatic rings. The highest BCUT2D eigenvalue weighted by Gasteiger charge is 2.36. The second-order valence-corrected chi connectivity index (χ2v) is 10.8. The van der Waals surface area contributed by atoms with Gasteiger partial charge in [-0.25, -0.2) is 0 Å². The number of furan rings is 1. The van der Waals surface area contributed by atoms with Crippen molar-refractivity contribution < 1.29 is 4.42 Å². The van der Waals surface area contributed by atoms with Crippen LogP contribution in [0, 0.1) is 22.7 Å². The lowest BCUT2D eigenvalue weighted by atomic mass is 9.82. The highest BCUT2D eigenvalue weighted by molar-refractivity contribution is 6.15. The van der Waals surface area contributed by atoms with Gasteiger partial charge in [0.1, 0.15) is 17.3 Å². The number of fused-ring (bicyclic) bond motifs is 9. The molecule has 8 rings (SSSR count). The number of nitriles is 2. The van der Waals surface area contributed by atoms with Crippen LogP contribution in [0.1, 0.15) is 36.1 Å². The van der Waals surface area contributed by atoms with Crippen LogP contribution in [0.4, 0.5) is 0 Å². The number of hydrogen-bond acceptors (Lipinski definition) is 3. The van der Waals surface area contributed by atoms with E-state index < -0.39 is 0 Å². The quantitative estimate of drug-likeness (QED) is 0.227. The molecule has 0 atom stereocenters. The van der Waals surface area contributed by atoms with Gasteiger partial charge in [0.2, 0.25) is 0 Å². The van der Waals surface area contributed by atoms with Crippen molar-refractivity contribution in [3.05, 3.63) is 113 Å². The Morgan fingerprint density at radius 2 is 1.38 bits per heavy atom. The van der Waals surface area contributed by atoms with Crippen LogP contribution in [-0.2, 0) is 5.41 Å². The molecule has 0 amide bonds. The molecule has 0 N–H and O–H groups in total. The van der Waals surface area contributed by atoms with Gasteiger partial charge in [-0.2, -0.15) is 10.5 Å². The maximum atomic E-state index is 10.4. The third-order valence-electron chi connectivity index (χ3n) is 8.46. The Morgan fingerprint density at radius 3 is 2.21 bits per heavy atom. The second-order valence-electron chi connectivity index (χ2n) is 10.8. The largest absolute Gasteiger partial charge is 0.454 e. The smallest absolute Gasteiger partial charge is 0.162 e. The molecule has 0 unspecified atom stereocenters. The molecule has 5 aromatic carbocycles. The molecule has 4 nitrogen and oxygen atoms in total. The van der Waals surface area contributed by atoms with Gasteiger partial charge in [0.15, 0.2) is 5.58 Å². The Kier molecular flexibility index (Phi) is 4.11. The Balaban J connectivity index is 1.59. The molecule has 4 heteroatoms. The van der Waals surface area contributed by atoms with Crippen molar-refractivity contribution in [2.45, 2.75) is 19.3 Å². The standard InChI is InChI=1S/C35H21N3O/c1-35(2)27-12-6-3-9-22(27)25-16-26-23-10-4-7-13-29(23)38(30(26)17-28(25)35)33-21(19-37)15-20(18-36)32-24-11-5-8-14-31(24)39-34(32)33/h3-17H,1-2H3. The molecule has 7 aromatic rings. The molecule has 0 radical (unpaired) electrons. The van der Waals surface area contributed by atoms with Gasteiger partial charge >= 0.3 is 0 Å². The number of rotatable bonds is 1. The van der Waals surface area contributed by atoms with Gasteiger partial charge in [-0.1, -0.05) is 74.5 Å². The molecule has 2 aromatic heterocycles. The summed E-state index contributed by atoms with van der Waals surface area (Å²) in [6.07, 6.45) is 0. The topological polar surface area (TPSA) is 65.7 Å². The van der Waals surface area contributed by atoms with Gasteiger partial charge in [-0.3, -0.25) is 0 Å². The molecular formula is C35H21N3O. The Hall–Kier alpha value is -5.32. The zero-order valence-electron chi connectivity index (χ0n) is 21.4. The number of para-hydroxylation sites is 2. The average Bonchev–Trinajstić information content (AvgIpc) is 3.58. The Bertz CT molecular complexity index is 2280. The average molecular weight is 500 g/mol. The van der Waals surface area contributed by atoms with E-state index in [-0.39, 0.29) is 5.41 Å². The first-order chi connectivity index (χ1) is 19.0. The summed E-state index contributed by atoms with van der Waals surface area (Å²) in [4.78, 5) is 0. The predicted octanol–water partition coefficient (Wildman–Crippen LogP) is 8.73. The van der Waals surface area contributed by atoms with E-state index in [0.29, 0.717) is 28.0 Å². The van der Waals surface area contributed by atoms with E-state index >= 15 is 0 Å². The van der Waals surface area contributed by atoms with Crippen LogP contribution in [-0.4, -0.2) is 4.57 Å². The number of hydrogen-bond donors (Lipinski definition) is 0. The summed E-state index contributed by atoms with van der Waals surface area (Å²) < 4.78 is 8.61. The Labute approximate surface area is 224 Å². The summed E-state index contributed by atoms with van der Waals surface area (Å²) in [5, 5.41) is 24.2. The van der Waals surface area contributed by atoms with Crippen LogP contribution in [0.2, 0.25) is 0 Å². The van der Waals surface area contributed by atoms with Gasteiger partial charge in [-0.15, -0.1) is 0 Å². The van der Waals surface area contributed by atoms with E-state index in [2.05, 4.69) is 85.2 Å². The zero-order chi connectivity index (χ0) is 26.5. The maximum Gasteiger partial charge on any atom is 0.162 e. The minimum atomic E-state index is -0.168. The molecule has 39 heavy (non-hydrogen) atoms. The summed E-state index contributed by atoms with van der Waals surface area (Å²) in [5.74, 6) is 0. The third kappa shape index (κ3) is 2.65. The lowest BCUT2D eigenvalue weighted by Gasteiger charge is -2.21. The Morgan fingerprint density at radius 1 is 0.667 bits per heavy atom. The van der Waals surface area contributed by atoms with Crippen molar-refractivity contribution in [3.63, 3.8) is 0 Å². The van der Waals surface area contributed by atoms with Crippen molar-refractivity contribution in [2.24, 2.45) is 0 Å². The van der Waals surface area contributed by atoms with Crippen molar-refractivity contribution in [1.82, 2.24) is 4.57 Å². The lowest BCUT2D eigenvalue weighted by Crippen LogP contribution is -2.15. The number of aromatic nitrogens is 1. The maximum absolute atomic E-state index is 10.4. The fraction of sp³-hybridized carbons (Fsp3) is 0.0857. The summed E-state index contributed by atoms with van der Waals surface area (Å²) in [5.41, 5.74) is 9.69. The van der Waals surface area contributed by atoms with E-state index in [0.717, 1.165) is 32.6 Å². The van der Waals surface area contributed by atoms with E-state index in [1.165, 1.54) is 22.3 Å². The van der Waals surface area contributed by atoms with Gasteiger partial charge in [0.25, 0.3) is 0 Å². The predicted molar refractivity (Wildman–Crippen MR) is 155 cm³/mol. The second kappa shape index (κ2) is 7.38. The molecule has 0 bridgehead atoms. The van der Waals surface area contributed by atoms with E-state index in [4.69, 9.17) is 4.42 Å². The summed E-state index contributed by atoms with van der Waals surface area (Å²) in [7, 11) is 0. The van der Waals surface area contributed by atoms with Gasteiger partial charge in [-0.05, 0) is 52.6 Å². The van der Waals surface area contributed by atoms with E-state index in [1.807, 2.05) is 30.3 Å². The fourth-order valence-electron chi connectivity index (χ4n) is 6.69. The van der Waals surface area contributed by atoms with Gasteiger partial charge in [0.05, 0.1) is 28.2 Å². The van der Waals surface area contributed by atoms with Gasteiger partial charge in [0, 0.05) is 27.0 Å². The van der Waals surface area contributed by atoms with Crippen molar-refractivity contribution >= 4 is 43.7 Å². The SMILES string of the molecule is CC1(C)c2ccccc2-c2cc3c4ccccc4n(-c4c(C#N)cc(C#N)c5c4oc4ccccc45)c3cc21. The third-order valence-corrected chi connectivity index (χ3v) is 8.46. The van der Waals surface area contributed by atoms with E-state index in [9.17, 15) is 10.5 Å². The van der Waals surface area contributed by atoms with E-state index in [1.54, 1.807) is 6.07 Å². The van der Waals surface area contributed by atoms with Crippen LogP contribution >= 0.6 is 0 Å². The molecule has 0 saturated heterocycles. The fourth-order valence-corrected chi connectivity index (χ4v) is 6.69. The van der Waals surface area contributed by atoms with Crippen LogP contribution in [0.3, 0.4) is 0 Å². The minimum Gasteiger partial charge on any atom is -0.454 e. The molecule has 2 heterocycles. The molecule has 0 fully saturated rings. The first kappa shape index (κ1) is 21.7. The monoisotopic (exact) mass is 499 g/mol. The van der Waals surface area contributed by atoms with Crippen molar-refractivity contribution in [1.29, 1.82) is 10.5 Å². The molecule has 1 aliphatic carbocycles. The van der Waals surface area contributed by atoms with Crippen molar-refractivity contribution in [3.8, 4) is 29.0 Å². The van der Waals surface area contributed by atoms with Crippen LogP contribution in [0.25, 0.3) is 60.6 Å². The van der Waals surface area contributed by atoms with Crippen LogP contribution in [0.15, 0.2) is 95.4 Å². The molecule has 0 spiro atoms. The summed E-state index contributed by atoms with van der Waals surface area (Å²) in [6.45, 7) is 4.55. The number of benzene rings is 5. The highest BCUT2D eigenvalue weighted by Crippen LogP contribution is 2.51. The number of nitrogens with zero attached hydrogens (tertiary/aromatic N) is 3. The van der Waals surface area contributed by atoms with Crippen molar-refractivity contribution in [2.75, 3.05) is 0 Å². The first-order valence-electron chi connectivity index (χ1n) is 13.0. The molecule has 0 saturated carbocycles. The van der Waals surface area contributed by atoms with Crippen LogP contribution < -0.4 is 0 Å². The van der Waals surface area contributed by atoms with Gasteiger partial charge < -0.3 is 8.98 Å². The highest BCUT2D eigenvalue weighted by atomic mass is 16.3. The lowest BCUT2D eigenvalue weighted by molar-refractivity contribution is 0.660. The minimum absolute atomic E-state index is 0.168. The summed E-state index contributed by atoms with van der Waals surface area (Å²) in [6, 6.07) is 35.7. The molecule has 182 valence electrons. The molecular weight excluding hydrogens is 478 g/mol. The molecule has 0 aliphatic heterocycles.